The molecule has 2 heterocycles. The summed E-state index contributed by atoms with van der Waals surface area (Å²) in [5, 5.41) is 4.91. The summed E-state index contributed by atoms with van der Waals surface area (Å²) in [7, 11) is 0. The van der Waals surface area contributed by atoms with Gasteiger partial charge >= 0.3 is 0 Å². The number of aromatic nitrogens is 2. The van der Waals surface area contributed by atoms with E-state index in [1.54, 1.807) is 0 Å². The molecule has 0 fully saturated rings. The molecular weight excluding hydrogens is 717 g/mol. The normalized spacial score (nSPS) is 14.8. The Hall–Kier alpha value is -7.43. The summed E-state index contributed by atoms with van der Waals surface area (Å²) in [6.07, 6.45) is 0. The van der Waals surface area contributed by atoms with Gasteiger partial charge in [-0.2, -0.15) is 0 Å². The fraction of sp³-hybridized carbons (Fsp3) is 0.0727. The lowest BCUT2D eigenvalue weighted by Crippen LogP contribution is -2.33. The number of nitrogens with zero attached hydrogens (tertiary/aromatic N) is 3. The van der Waals surface area contributed by atoms with Crippen molar-refractivity contribution in [3.8, 4) is 56.0 Å². The van der Waals surface area contributed by atoms with Gasteiger partial charge in [-0.1, -0.05) is 172 Å². The molecule has 8 aromatic carbocycles. The molecule has 0 saturated carbocycles. The Bertz CT molecular complexity index is 3110. The van der Waals surface area contributed by atoms with E-state index >= 15 is 0 Å². The minimum Gasteiger partial charge on any atom is -0.359 e. The Balaban J connectivity index is 0.954. The predicted molar refractivity (Wildman–Crippen MR) is 243 cm³/mol. The van der Waals surface area contributed by atoms with Crippen molar-refractivity contribution in [1.29, 1.82) is 0 Å². The highest BCUT2D eigenvalue weighted by Crippen LogP contribution is 2.50. The van der Waals surface area contributed by atoms with E-state index < -0.39 is 0 Å². The summed E-state index contributed by atoms with van der Waals surface area (Å²) in [6.45, 7) is 4.66. The van der Waals surface area contributed by atoms with Gasteiger partial charge in [-0.05, 0) is 86.5 Å². The fourth-order valence-electron chi connectivity index (χ4n) is 9.07. The van der Waals surface area contributed by atoms with Gasteiger partial charge in [0.15, 0.2) is 5.82 Å². The summed E-state index contributed by atoms with van der Waals surface area (Å²) in [5.41, 5.74) is 17.9. The molecule has 0 radical (unpaired) electrons. The third-order valence-corrected chi connectivity index (χ3v) is 12.1. The molecule has 4 nitrogen and oxygen atoms in total. The maximum atomic E-state index is 5.31. The van der Waals surface area contributed by atoms with Crippen LogP contribution in [0.15, 0.2) is 199 Å². The Kier molecular flexibility index (Phi) is 8.19. The van der Waals surface area contributed by atoms with Crippen LogP contribution in [-0.4, -0.2) is 15.8 Å². The summed E-state index contributed by atoms with van der Waals surface area (Å²) >= 11 is 0. The quantitative estimate of drug-likeness (QED) is 0.184. The molecule has 0 bridgehead atoms. The first-order valence-electron chi connectivity index (χ1n) is 20.3. The van der Waals surface area contributed by atoms with Gasteiger partial charge in [0.2, 0.25) is 0 Å². The van der Waals surface area contributed by atoms with E-state index in [9.17, 15) is 0 Å². The van der Waals surface area contributed by atoms with Gasteiger partial charge in [-0.15, -0.1) is 0 Å². The van der Waals surface area contributed by atoms with Gasteiger partial charge in [0.25, 0.3) is 0 Å². The number of nitrogens with one attached hydrogen (secondary N) is 1. The molecule has 59 heavy (non-hydrogen) atoms. The van der Waals surface area contributed by atoms with Crippen molar-refractivity contribution in [2.75, 3.05) is 0 Å². The van der Waals surface area contributed by atoms with Crippen LogP contribution >= 0.6 is 0 Å². The molecular formula is C55H40N4. The molecule has 4 heteroatoms. The lowest BCUT2D eigenvalue weighted by Gasteiger charge is -2.29. The SMILES string of the molecule is CC1(C)c2cc(C3=Nc4ccccc4C(c4cccc(-c5ccccc5)c4)N3)ccc2-c2ccc(-c3nc(-c4cccc(-c5ccccc5)c4)c4ccccc4n3)cc21. The summed E-state index contributed by atoms with van der Waals surface area (Å²) < 4.78 is 0. The molecule has 0 spiro atoms. The van der Waals surface area contributed by atoms with Crippen LogP contribution in [0.1, 0.15) is 47.7 Å². The highest BCUT2D eigenvalue weighted by Gasteiger charge is 2.37. The number of fused-ring (bicyclic) bond motifs is 5. The molecule has 2 aliphatic rings. The predicted octanol–water partition coefficient (Wildman–Crippen LogP) is 13.4. The van der Waals surface area contributed by atoms with Crippen LogP contribution in [0.4, 0.5) is 5.69 Å². The minimum absolute atomic E-state index is 0.0453. The van der Waals surface area contributed by atoms with Crippen LogP contribution in [0.5, 0.6) is 0 Å². The molecule has 9 aromatic rings. The number of benzene rings is 8. The van der Waals surface area contributed by atoms with Crippen LogP contribution < -0.4 is 5.32 Å². The van der Waals surface area contributed by atoms with Crippen LogP contribution in [0.2, 0.25) is 0 Å². The van der Waals surface area contributed by atoms with Gasteiger partial charge < -0.3 is 5.32 Å². The van der Waals surface area contributed by atoms with Crippen molar-refractivity contribution in [1.82, 2.24) is 15.3 Å². The highest BCUT2D eigenvalue weighted by atomic mass is 15.1. The molecule has 1 N–H and O–H groups in total. The lowest BCUT2D eigenvalue weighted by molar-refractivity contribution is 0.660. The van der Waals surface area contributed by atoms with Crippen molar-refractivity contribution >= 4 is 22.4 Å². The number of para-hydroxylation sites is 2. The van der Waals surface area contributed by atoms with Crippen molar-refractivity contribution in [2.24, 2.45) is 4.99 Å². The van der Waals surface area contributed by atoms with Gasteiger partial charge in [0.05, 0.1) is 22.9 Å². The lowest BCUT2D eigenvalue weighted by atomic mass is 9.81. The van der Waals surface area contributed by atoms with Crippen molar-refractivity contribution in [2.45, 2.75) is 25.3 Å². The topological polar surface area (TPSA) is 50.2 Å². The highest BCUT2D eigenvalue weighted by molar-refractivity contribution is 6.03. The van der Waals surface area contributed by atoms with E-state index in [2.05, 4.69) is 213 Å². The maximum absolute atomic E-state index is 5.31. The van der Waals surface area contributed by atoms with Crippen molar-refractivity contribution in [3.63, 3.8) is 0 Å². The van der Waals surface area contributed by atoms with E-state index in [4.69, 9.17) is 15.0 Å². The van der Waals surface area contributed by atoms with E-state index in [1.165, 1.54) is 50.1 Å². The first-order chi connectivity index (χ1) is 29.0. The zero-order valence-electron chi connectivity index (χ0n) is 32.9. The second-order valence-corrected chi connectivity index (χ2v) is 16.1. The molecule has 1 aliphatic heterocycles. The zero-order valence-corrected chi connectivity index (χ0v) is 32.9. The Morgan fingerprint density at radius 2 is 1.05 bits per heavy atom. The Morgan fingerprint density at radius 3 is 1.81 bits per heavy atom. The number of rotatable bonds is 6. The van der Waals surface area contributed by atoms with Gasteiger partial charge in [0.1, 0.15) is 5.84 Å². The molecule has 1 aromatic heterocycles. The zero-order chi connectivity index (χ0) is 39.5. The third kappa shape index (κ3) is 6.04. The fourth-order valence-corrected chi connectivity index (χ4v) is 9.07. The second-order valence-electron chi connectivity index (χ2n) is 16.1. The molecule has 1 unspecified atom stereocenters. The van der Waals surface area contributed by atoms with E-state index in [0.29, 0.717) is 0 Å². The van der Waals surface area contributed by atoms with E-state index in [-0.39, 0.29) is 11.5 Å². The van der Waals surface area contributed by atoms with E-state index in [0.717, 1.165) is 56.2 Å². The van der Waals surface area contributed by atoms with Gasteiger partial charge in [-0.25, -0.2) is 15.0 Å². The standard InChI is InChI=1S/C55H40N4/c1-55(2)47-33-41(53-56-49-25-11-9-23-45(49)51(58-53)39-21-13-19-37(31-39)35-15-5-3-6-16-35)27-29-43(47)44-30-28-42(34-48(44)55)54-57-50-26-12-10-24-46(50)52(59-54)40-22-14-20-38(32-40)36-17-7-4-8-18-36/h3-34,51H,1-2H3,(H,56,58). The molecule has 280 valence electrons. The second kappa shape index (κ2) is 13.9. The van der Waals surface area contributed by atoms with Crippen LogP contribution in [0.25, 0.3) is 66.9 Å². The summed E-state index contributed by atoms with van der Waals surface area (Å²) in [4.78, 5) is 15.7. The van der Waals surface area contributed by atoms with Crippen LogP contribution in [-0.2, 0) is 5.41 Å². The smallest absolute Gasteiger partial charge is 0.160 e. The number of aliphatic imine (C=N–C) groups is 1. The maximum Gasteiger partial charge on any atom is 0.160 e. The first-order valence-corrected chi connectivity index (χ1v) is 20.3. The van der Waals surface area contributed by atoms with Gasteiger partial charge in [-0.3, -0.25) is 0 Å². The Labute approximate surface area is 344 Å². The van der Waals surface area contributed by atoms with Crippen LogP contribution in [0, 0.1) is 0 Å². The largest absolute Gasteiger partial charge is 0.359 e. The van der Waals surface area contributed by atoms with Crippen molar-refractivity contribution in [3.05, 3.63) is 222 Å². The number of amidine groups is 1. The molecule has 0 amide bonds. The molecule has 1 aliphatic carbocycles. The third-order valence-electron chi connectivity index (χ3n) is 12.1. The van der Waals surface area contributed by atoms with Gasteiger partial charge in [0, 0.05) is 33.1 Å². The Morgan fingerprint density at radius 1 is 0.458 bits per heavy atom. The molecule has 11 rings (SSSR count). The number of hydrogen-bond donors (Lipinski definition) is 1. The number of hydrogen-bond acceptors (Lipinski definition) is 4. The average Bonchev–Trinajstić information content (AvgIpc) is 3.53. The molecule has 0 saturated heterocycles. The monoisotopic (exact) mass is 756 g/mol. The minimum atomic E-state index is -0.267. The molecule has 1 atom stereocenters. The average molecular weight is 757 g/mol. The summed E-state index contributed by atoms with van der Waals surface area (Å²) in [6, 6.07) is 69.0. The van der Waals surface area contributed by atoms with Crippen LogP contribution in [0.3, 0.4) is 0 Å². The first kappa shape index (κ1) is 34.8. The van der Waals surface area contributed by atoms with E-state index in [1.807, 2.05) is 0 Å². The van der Waals surface area contributed by atoms with Crippen molar-refractivity contribution < 1.29 is 0 Å². The summed E-state index contributed by atoms with van der Waals surface area (Å²) in [5.74, 6) is 1.60.